The summed E-state index contributed by atoms with van der Waals surface area (Å²) in [4.78, 5) is 0. The van der Waals surface area contributed by atoms with Crippen LogP contribution in [0.2, 0.25) is 0 Å². The van der Waals surface area contributed by atoms with Crippen molar-refractivity contribution in [2.45, 2.75) is 57.7 Å². The van der Waals surface area contributed by atoms with Gasteiger partial charge in [-0.2, -0.15) is 0 Å². The first-order valence-corrected chi connectivity index (χ1v) is 6.48. The maximum atomic E-state index is 6.06. The van der Waals surface area contributed by atoms with Crippen LogP contribution < -0.4 is 0 Å². The Morgan fingerprint density at radius 3 is 2.44 bits per heavy atom. The Morgan fingerprint density at radius 1 is 1.06 bits per heavy atom. The molecule has 1 aliphatic carbocycles. The summed E-state index contributed by atoms with van der Waals surface area (Å²) in [6, 6.07) is 10.8. The van der Waals surface area contributed by atoms with Crippen LogP contribution in [0.4, 0.5) is 0 Å². The summed E-state index contributed by atoms with van der Waals surface area (Å²) < 4.78 is 6.06. The fourth-order valence-electron chi connectivity index (χ4n) is 2.69. The molecule has 0 saturated heterocycles. The minimum absolute atomic E-state index is 0.342. The first-order valence-electron chi connectivity index (χ1n) is 6.48. The Hall–Kier alpha value is -0.820. The van der Waals surface area contributed by atoms with E-state index in [9.17, 15) is 0 Å². The number of benzene rings is 1. The molecule has 0 unspecified atom stereocenters. The van der Waals surface area contributed by atoms with Gasteiger partial charge in [0, 0.05) is 5.92 Å². The van der Waals surface area contributed by atoms with E-state index in [-0.39, 0.29) is 0 Å². The van der Waals surface area contributed by atoms with E-state index in [1.165, 1.54) is 31.2 Å². The van der Waals surface area contributed by atoms with Gasteiger partial charge in [0.1, 0.15) is 0 Å². The summed E-state index contributed by atoms with van der Waals surface area (Å²) in [5.74, 6) is 0.609. The van der Waals surface area contributed by atoms with Crippen LogP contribution in [0.3, 0.4) is 0 Å². The standard InChI is InChI=1S/C15H22O/c1-12(2)16-15-11-7-6-10-14(15)13-8-4-3-5-9-13/h3-5,8-9,12,14-15H,6-7,10-11H2,1-2H3/t14-,15+/m0/s1. The van der Waals surface area contributed by atoms with E-state index in [0.29, 0.717) is 18.1 Å². The molecule has 2 atom stereocenters. The van der Waals surface area contributed by atoms with Crippen molar-refractivity contribution < 1.29 is 4.74 Å². The predicted octanol–water partition coefficient (Wildman–Crippen LogP) is 4.14. The van der Waals surface area contributed by atoms with E-state index in [4.69, 9.17) is 4.74 Å². The van der Waals surface area contributed by atoms with Crippen molar-refractivity contribution in [1.82, 2.24) is 0 Å². The zero-order valence-electron chi connectivity index (χ0n) is 10.4. The molecule has 0 aromatic heterocycles. The smallest absolute Gasteiger partial charge is 0.0647 e. The molecule has 1 fully saturated rings. The van der Waals surface area contributed by atoms with Gasteiger partial charge >= 0.3 is 0 Å². The van der Waals surface area contributed by atoms with Crippen LogP contribution in [0, 0.1) is 0 Å². The van der Waals surface area contributed by atoms with Crippen molar-refractivity contribution in [3.63, 3.8) is 0 Å². The van der Waals surface area contributed by atoms with Crippen LogP contribution in [0.25, 0.3) is 0 Å². The Kier molecular flexibility index (Phi) is 4.00. The summed E-state index contributed by atoms with van der Waals surface area (Å²) in [6.45, 7) is 4.27. The highest BCUT2D eigenvalue weighted by molar-refractivity contribution is 5.21. The van der Waals surface area contributed by atoms with Crippen molar-refractivity contribution in [2.24, 2.45) is 0 Å². The van der Waals surface area contributed by atoms with E-state index < -0.39 is 0 Å². The van der Waals surface area contributed by atoms with Crippen molar-refractivity contribution in [3.8, 4) is 0 Å². The summed E-state index contributed by atoms with van der Waals surface area (Å²) in [5.41, 5.74) is 1.45. The Bertz CT molecular complexity index is 304. The van der Waals surface area contributed by atoms with Gasteiger partial charge < -0.3 is 4.74 Å². The van der Waals surface area contributed by atoms with Gasteiger partial charge in [-0.05, 0) is 32.3 Å². The number of ether oxygens (including phenoxy) is 1. The molecular formula is C15H22O. The van der Waals surface area contributed by atoms with E-state index in [2.05, 4.69) is 44.2 Å². The maximum Gasteiger partial charge on any atom is 0.0647 e. The molecule has 0 N–H and O–H groups in total. The average molecular weight is 218 g/mol. The normalized spacial score (nSPS) is 25.9. The van der Waals surface area contributed by atoms with Crippen LogP contribution >= 0.6 is 0 Å². The second-order valence-corrected chi connectivity index (χ2v) is 5.02. The SMILES string of the molecule is CC(C)O[C@@H]1CCCC[C@H]1c1ccccc1. The van der Waals surface area contributed by atoms with E-state index >= 15 is 0 Å². The zero-order chi connectivity index (χ0) is 11.4. The number of hydrogen-bond donors (Lipinski definition) is 0. The fraction of sp³-hybridized carbons (Fsp3) is 0.600. The monoisotopic (exact) mass is 218 g/mol. The molecule has 0 spiro atoms. The van der Waals surface area contributed by atoms with Gasteiger partial charge in [0.25, 0.3) is 0 Å². The van der Waals surface area contributed by atoms with E-state index in [0.717, 1.165) is 0 Å². The van der Waals surface area contributed by atoms with Crippen molar-refractivity contribution in [2.75, 3.05) is 0 Å². The van der Waals surface area contributed by atoms with E-state index in [1.807, 2.05) is 0 Å². The third kappa shape index (κ3) is 2.85. The molecule has 0 amide bonds. The molecule has 88 valence electrons. The first kappa shape index (κ1) is 11.7. The molecule has 0 heterocycles. The second-order valence-electron chi connectivity index (χ2n) is 5.02. The highest BCUT2D eigenvalue weighted by Crippen LogP contribution is 2.35. The fourth-order valence-corrected chi connectivity index (χ4v) is 2.69. The Labute approximate surface area is 98.8 Å². The number of hydrogen-bond acceptors (Lipinski definition) is 1. The van der Waals surface area contributed by atoms with Gasteiger partial charge in [0.15, 0.2) is 0 Å². The molecule has 16 heavy (non-hydrogen) atoms. The van der Waals surface area contributed by atoms with E-state index in [1.54, 1.807) is 0 Å². The van der Waals surface area contributed by atoms with Crippen LogP contribution in [-0.4, -0.2) is 12.2 Å². The molecule has 2 rings (SSSR count). The number of rotatable bonds is 3. The largest absolute Gasteiger partial charge is 0.375 e. The molecule has 1 nitrogen and oxygen atoms in total. The lowest BCUT2D eigenvalue weighted by molar-refractivity contribution is -0.0247. The molecule has 1 saturated carbocycles. The van der Waals surface area contributed by atoms with Crippen LogP contribution in [0.5, 0.6) is 0 Å². The lowest BCUT2D eigenvalue weighted by Crippen LogP contribution is -2.28. The van der Waals surface area contributed by atoms with Crippen molar-refractivity contribution in [1.29, 1.82) is 0 Å². The Balaban J connectivity index is 2.10. The minimum atomic E-state index is 0.342. The van der Waals surface area contributed by atoms with Crippen molar-refractivity contribution >= 4 is 0 Å². The Morgan fingerprint density at radius 2 is 1.75 bits per heavy atom. The predicted molar refractivity (Wildman–Crippen MR) is 67.7 cm³/mol. The quantitative estimate of drug-likeness (QED) is 0.741. The third-order valence-corrected chi connectivity index (χ3v) is 3.38. The molecule has 1 aliphatic rings. The van der Waals surface area contributed by atoms with Gasteiger partial charge in [0.2, 0.25) is 0 Å². The average Bonchev–Trinajstić information content (AvgIpc) is 2.30. The van der Waals surface area contributed by atoms with Crippen LogP contribution in [0.15, 0.2) is 30.3 Å². The van der Waals surface area contributed by atoms with Crippen LogP contribution in [-0.2, 0) is 4.74 Å². The van der Waals surface area contributed by atoms with Gasteiger partial charge in [-0.25, -0.2) is 0 Å². The molecule has 0 radical (unpaired) electrons. The second kappa shape index (κ2) is 5.49. The zero-order valence-corrected chi connectivity index (χ0v) is 10.4. The topological polar surface area (TPSA) is 9.23 Å². The van der Waals surface area contributed by atoms with Gasteiger partial charge in [-0.3, -0.25) is 0 Å². The lowest BCUT2D eigenvalue weighted by atomic mass is 9.81. The van der Waals surface area contributed by atoms with Gasteiger partial charge in [-0.15, -0.1) is 0 Å². The highest BCUT2D eigenvalue weighted by atomic mass is 16.5. The first-order chi connectivity index (χ1) is 7.77. The van der Waals surface area contributed by atoms with Gasteiger partial charge in [0.05, 0.1) is 12.2 Å². The summed E-state index contributed by atoms with van der Waals surface area (Å²) >= 11 is 0. The molecule has 0 bridgehead atoms. The maximum absolute atomic E-state index is 6.06. The minimum Gasteiger partial charge on any atom is -0.375 e. The molecule has 1 aromatic carbocycles. The molecule has 1 aromatic rings. The summed E-state index contributed by atoms with van der Waals surface area (Å²) in [7, 11) is 0. The molecular weight excluding hydrogens is 196 g/mol. The highest BCUT2D eigenvalue weighted by Gasteiger charge is 2.27. The molecule has 0 aliphatic heterocycles. The van der Waals surface area contributed by atoms with Crippen molar-refractivity contribution in [3.05, 3.63) is 35.9 Å². The lowest BCUT2D eigenvalue weighted by Gasteiger charge is -2.33. The third-order valence-electron chi connectivity index (χ3n) is 3.38. The van der Waals surface area contributed by atoms with Crippen LogP contribution in [0.1, 0.15) is 51.0 Å². The molecule has 1 heteroatoms. The van der Waals surface area contributed by atoms with Gasteiger partial charge in [-0.1, -0.05) is 43.2 Å². The summed E-state index contributed by atoms with van der Waals surface area (Å²) in [5, 5.41) is 0. The summed E-state index contributed by atoms with van der Waals surface area (Å²) in [6.07, 6.45) is 5.93.